The summed E-state index contributed by atoms with van der Waals surface area (Å²) in [5.74, 6) is 0.717. The van der Waals surface area contributed by atoms with E-state index in [1.807, 2.05) is 27.7 Å². The molecule has 14 heavy (non-hydrogen) atoms. The number of hydrogen-bond acceptors (Lipinski definition) is 2. The third-order valence-corrected chi connectivity index (χ3v) is 5.86. The molecule has 0 aliphatic heterocycles. The maximum atomic E-state index is 12.6. The first kappa shape index (κ1) is 12.0. The molecule has 1 fully saturated rings. The van der Waals surface area contributed by atoms with Gasteiger partial charge in [0.15, 0.2) is 0 Å². The summed E-state index contributed by atoms with van der Waals surface area (Å²) < 4.78 is 17.2. The summed E-state index contributed by atoms with van der Waals surface area (Å²) in [4.78, 5) is 0. The Morgan fingerprint density at radius 3 is 2.14 bits per heavy atom. The van der Waals surface area contributed by atoms with Crippen molar-refractivity contribution in [1.82, 2.24) is 0 Å². The molecule has 1 atom stereocenters. The topological polar surface area (TPSA) is 29.4 Å². The molecule has 0 bridgehead atoms. The molecular weight excluding hydrogens is 194 g/mol. The highest BCUT2D eigenvalue weighted by Gasteiger charge is 2.27. The molecule has 1 saturated carbocycles. The lowest BCUT2D eigenvalue weighted by Crippen LogP contribution is -2.24. The quantitative estimate of drug-likeness (QED) is 0.698. The lowest BCUT2D eigenvalue weighted by molar-refractivity contribution is 0.576. The van der Waals surface area contributed by atoms with E-state index in [0.717, 1.165) is 18.6 Å². The smallest absolute Gasteiger partial charge is 0.0618 e. The van der Waals surface area contributed by atoms with Crippen LogP contribution in [0, 0.1) is 0 Å². The predicted octanol–water partition coefficient (Wildman–Crippen LogP) is 3.22. The average molecular weight is 217 g/mol. The van der Waals surface area contributed by atoms with E-state index in [2.05, 4.69) is 4.36 Å². The molecule has 0 N–H and O–H groups in total. The van der Waals surface area contributed by atoms with Gasteiger partial charge in [0.05, 0.1) is 5.54 Å². The number of hydrogen-bond donors (Lipinski definition) is 0. The first-order chi connectivity index (χ1) is 6.37. The third kappa shape index (κ3) is 2.97. The molecule has 1 aliphatic carbocycles. The van der Waals surface area contributed by atoms with Crippen molar-refractivity contribution in [3.63, 3.8) is 0 Å². The van der Waals surface area contributed by atoms with E-state index in [-0.39, 0.29) is 5.54 Å². The Morgan fingerprint density at radius 1 is 1.29 bits per heavy atom. The fourth-order valence-corrected chi connectivity index (χ4v) is 4.84. The Kier molecular flexibility index (Phi) is 3.62. The molecule has 84 valence electrons. The van der Waals surface area contributed by atoms with E-state index in [0.29, 0.717) is 5.25 Å². The van der Waals surface area contributed by atoms with Gasteiger partial charge in [0.2, 0.25) is 0 Å². The Bertz CT molecular complexity index is 289. The van der Waals surface area contributed by atoms with E-state index in [1.165, 1.54) is 12.8 Å². The van der Waals surface area contributed by atoms with Gasteiger partial charge in [-0.25, -0.2) is 8.57 Å². The van der Waals surface area contributed by atoms with Gasteiger partial charge < -0.3 is 0 Å². The van der Waals surface area contributed by atoms with Crippen LogP contribution < -0.4 is 0 Å². The van der Waals surface area contributed by atoms with Crippen LogP contribution in [-0.4, -0.2) is 20.8 Å². The fraction of sp³-hybridized carbons (Fsp3) is 1.00. The molecule has 0 amide bonds. The van der Waals surface area contributed by atoms with E-state index in [1.54, 1.807) is 0 Å². The molecular formula is C11H23NOS. The van der Waals surface area contributed by atoms with E-state index < -0.39 is 9.73 Å². The summed E-state index contributed by atoms with van der Waals surface area (Å²) in [6, 6.07) is 0. The van der Waals surface area contributed by atoms with Gasteiger partial charge in [-0.1, -0.05) is 19.8 Å². The van der Waals surface area contributed by atoms with Crippen LogP contribution in [0.15, 0.2) is 4.36 Å². The van der Waals surface area contributed by atoms with Crippen molar-refractivity contribution in [2.24, 2.45) is 4.36 Å². The van der Waals surface area contributed by atoms with E-state index >= 15 is 0 Å². The summed E-state index contributed by atoms with van der Waals surface area (Å²) >= 11 is 0. The highest BCUT2D eigenvalue weighted by molar-refractivity contribution is 7.94. The molecule has 0 radical (unpaired) electrons. The zero-order valence-corrected chi connectivity index (χ0v) is 10.7. The standard InChI is InChI=1S/C11H23NOS/c1-5-14(13,12-11(2,3)4)10-8-6-7-9-10/h10H,5-9H2,1-4H3. The molecule has 3 heteroatoms. The number of nitrogens with zero attached hydrogens (tertiary/aromatic N) is 1. The van der Waals surface area contributed by atoms with Crippen LogP contribution in [0.1, 0.15) is 53.4 Å². The van der Waals surface area contributed by atoms with Gasteiger partial charge in [-0.3, -0.25) is 0 Å². The first-order valence-electron chi connectivity index (χ1n) is 5.62. The Balaban J connectivity index is 2.96. The van der Waals surface area contributed by atoms with Crippen LogP contribution in [0.5, 0.6) is 0 Å². The summed E-state index contributed by atoms with van der Waals surface area (Å²) in [7, 11) is -1.94. The molecule has 1 rings (SSSR count). The predicted molar refractivity (Wildman–Crippen MR) is 63.1 cm³/mol. The van der Waals surface area contributed by atoms with Gasteiger partial charge >= 0.3 is 0 Å². The Morgan fingerprint density at radius 2 is 1.79 bits per heavy atom. The molecule has 2 nitrogen and oxygen atoms in total. The van der Waals surface area contributed by atoms with Gasteiger partial charge in [-0.2, -0.15) is 0 Å². The Labute approximate surface area is 88.7 Å². The van der Waals surface area contributed by atoms with Crippen LogP contribution in [0.3, 0.4) is 0 Å². The van der Waals surface area contributed by atoms with Crippen LogP contribution in [0.2, 0.25) is 0 Å². The van der Waals surface area contributed by atoms with Gasteiger partial charge in [0, 0.05) is 20.7 Å². The van der Waals surface area contributed by atoms with Crippen molar-refractivity contribution in [3.8, 4) is 0 Å². The van der Waals surface area contributed by atoms with Crippen molar-refractivity contribution in [3.05, 3.63) is 0 Å². The second kappa shape index (κ2) is 4.21. The third-order valence-electron chi connectivity index (χ3n) is 2.67. The fourth-order valence-electron chi connectivity index (χ4n) is 2.10. The largest absolute Gasteiger partial charge is 0.249 e. The summed E-state index contributed by atoms with van der Waals surface area (Å²) in [6.45, 7) is 8.13. The maximum absolute atomic E-state index is 12.6. The second-order valence-electron chi connectivity index (χ2n) is 5.15. The molecule has 0 spiro atoms. The molecule has 1 aliphatic rings. The van der Waals surface area contributed by atoms with Crippen LogP contribution in [0.25, 0.3) is 0 Å². The zero-order chi connectivity index (χ0) is 10.8. The SMILES string of the molecule is CCS(=O)(=NC(C)(C)C)C1CCCC1. The molecule has 0 aromatic heterocycles. The molecule has 0 saturated heterocycles. The zero-order valence-electron chi connectivity index (χ0n) is 9.88. The minimum absolute atomic E-state index is 0.157. The molecule has 1 unspecified atom stereocenters. The first-order valence-corrected chi connectivity index (χ1v) is 7.37. The molecule has 0 aromatic rings. The van der Waals surface area contributed by atoms with E-state index in [9.17, 15) is 4.21 Å². The molecule has 0 heterocycles. The van der Waals surface area contributed by atoms with E-state index in [4.69, 9.17) is 0 Å². The number of rotatable bonds is 2. The van der Waals surface area contributed by atoms with Crippen molar-refractivity contribution < 1.29 is 4.21 Å². The maximum Gasteiger partial charge on any atom is 0.0618 e. The Hall–Kier alpha value is -0.0500. The minimum Gasteiger partial charge on any atom is -0.249 e. The van der Waals surface area contributed by atoms with Crippen LogP contribution >= 0.6 is 0 Å². The lowest BCUT2D eigenvalue weighted by Gasteiger charge is -2.21. The molecule has 0 aromatic carbocycles. The van der Waals surface area contributed by atoms with Gasteiger partial charge in [-0.15, -0.1) is 0 Å². The van der Waals surface area contributed by atoms with Crippen molar-refractivity contribution in [2.45, 2.75) is 64.2 Å². The van der Waals surface area contributed by atoms with Gasteiger partial charge in [0.25, 0.3) is 0 Å². The van der Waals surface area contributed by atoms with Crippen molar-refractivity contribution in [1.29, 1.82) is 0 Å². The minimum atomic E-state index is -1.94. The monoisotopic (exact) mass is 217 g/mol. The average Bonchev–Trinajstić information content (AvgIpc) is 2.53. The summed E-state index contributed by atoms with van der Waals surface area (Å²) in [6.07, 6.45) is 4.71. The highest BCUT2D eigenvalue weighted by Crippen LogP contribution is 2.28. The van der Waals surface area contributed by atoms with Crippen LogP contribution in [0.4, 0.5) is 0 Å². The summed E-state index contributed by atoms with van der Waals surface area (Å²) in [5.41, 5.74) is -0.157. The lowest BCUT2D eigenvalue weighted by atomic mass is 10.1. The van der Waals surface area contributed by atoms with Crippen molar-refractivity contribution in [2.75, 3.05) is 5.75 Å². The van der Waals surface area contributed by atoms with Gasteiger partial charge in [-0.05, 0) is 33.6 Å². The summed E-state index contributed by atoms with van der Waals surface area (Å²) in [5, 5.41) is 0.367. The second-order valence-corrected chi connectivity index (χ2v) is 7.95. The normalized spacial score (nSPS) is 23.4. The highest BCUT2D eigenvalue weighted by atomic mass is 32.2. The van der Waals surface area contributed by atoms with Crippen molar-refractivity contribution >= 4 is 9.73 Å². The van der Waals surface area contributed by atoms with Gasteiger partial charge in [0.1, 0.15) is 0 Å². The van der Waals surface area contributed by atoms with Crippen LogP contribution in [-0.2, 0) is 9.73 Å².